The number of ether oxygens (including phenoxy) is 1. The zero-order valence-corrected chi connectivity index (χ0v) is 21.5. The van der Waals surface area contributed by atoms with Crippen LogP contribution in [-0.2, 0) is 9.53 Å². The van der Waals surface area contributed by atoms with E-state index in [1.807, 2.05) is 24.4 Å². The maximum absolute atomic E-state index is 11.5. The smallest absolute Gasteiger partial charge is 0.217 e. The minimum Gasteiger partial charge on any atom is -0.377 e. The Bertz CT molecular complexity index is 1580. The Balaban J connectivity index is 1.18. The van der Waals surface area contributed by atoms with Crippen molar-refractivity contribution in [2.75, 3.05) is 36.5 Å². The summed E-state index contributed by atoms with van der Waals surface area (Å²) in [7, 11) is 0. The first-order valence-corrected chi connectivity index (χ1v) is 13.5. The maximum Gasteiger partial charge on any atom is 0.217 e. The van der Waals surface area contributed by atoms with E-state index < -0.39 is 0 Å². The largest absolute Gasteiger partial charge is 0.377 e. The van der Waals surface area contributed by atoms with Gasteiger partial charge in [-0.25, -0.2) is 4.52 Å². The monoisotopic (exact) mass is 527 g/mol. The van der Waals surface area contributed by atoms with Crippen LogP contribution < -0.4 is 15.5 Å². The van der Waals surface area contributed by atoms with Crippen molar-refractivity contribution in [1.29, 1.82) is 5.26 Å². The zero-order valence-electron chi connectivity index (χ0n) is 20.7. The molecule has 192 valence electrons. The van der Waals surface area contributed by atoms with Gasteiger partial charge in [0.1, 0.15) is 6.07 Å². The number of nitrogens with zero attached hydrogens (tertiary/aromatic N) is 7. The van der Waals surface area contributed by atoms with Gasteiger partial charge in [-0.3, -0.25) is 9.78 Å². The third-order valence-corrected chi connectivity index (χ3v) is 8.63. The highest BCUT2D eigenvalue weighted by molar-refractivity contribution is 7.18. The Morgan fingerprint density at radius 3 is 2.76 bits per heavy atom. The van der Waals surface area contributed by atoms with Crippen LogP contribution in [0.4, 0.5) is 10.8 Å². The molecule has 0 aromatic carbocycles. The first kappa shape index (κ1) is 23.1. The molecule has 38 heavy (non-hydrogen) atoms. The van der Waals surface area contributed by atoms with Gasteiger partial charge in [-0.2, -0.15) is 10.4 Å². The van der Waals surface area contributed by atoms with Crippen molar-refractivity contribution in [3.05, 3.63) is 42.2 Å². The number of carbonyl (C=O) groups is 1. The van der Waals surface area contributed by atoms with Crippen molar-refractivity contribution in [3.63, 3.8) is 0 Å². The molecule has 3 atom stereocenters. The van der Waals surface area contributed by atoms with E-state index in [0.717, 1.165) is 57.8 Å². The molecule has 4 aliphatic rings. The van der Waals surface area contributed by atoms with Crippen LogP contribution in [0.15, 0.2) is 36.7 Å². The van der Waals surface area contributed by atoms with Gasteiger partial charge in [0.05, 0.1) is 53.5 Å². The van der Waals surface area contributed by atoms with Gasteiger partial charge >= 0.3 is 0 Å². The second-order valence-corrected chi connectivity index (χ2v) is 11.1. The van der Waals surface area contributed by atoms with Crippen LogP contribution >= 0.6 is 11.3 Å². The topological polar surface area (TPSA) is 133 Å². The lowest BCUT2D eigenvalue weighted by Crippen LogP contribution is -2.64. The van der Waals surface area contributed by atoms with Crippen molar-refractivity contribution >= 4 is 33.6 Å². The highest BCUT2D eigenvalue weighted by Crippen LogP contribution is 2.43. The Morgan fingerprint density at radius 2 is 2.03 bits per heavy atom. The second kappa shape index (κ2) is 9.04. The molecule has 2 N–H and O–H groups in total. The molecule has 3 aliphatic heterocycles. The fourth-order valence-corrected chi connectivity index (χ4v) is 6.53. The molecular formula is C26H25N9O2S. The summed E-state index contributed by atoms with van der Waals surface area (Å²) in [5.41, 5.74) is 4.76. The summed E-state index contributed by atoms with van der Waals surface area (Å²) in [6.45, 7) is 4.64. The second-order valence-electron chi connectivity index (χ2n) is 10.2. The Morgan fingerprint density at radius 1 is 1.18 bits per heavy atom. The Kier molecular flexibility index (Phi) is 5.49. The van der Waals surface area contributed by atoms with Gasteiger partial charge in [0, 0.05) is 37.9 Å². The van der Waals surface area contributed by atoms with E-state index in [1.165, 1.54) is 0 Å². The molecule has 7 heterocycles. The lowest BCUT2D eigenvalue weighted by Gasteiger charge is -2.53. The number of aromatic nitrogens is 5. The van der Waals surface area contributed by atoms with Gasteiger partial charge in [-0.15, -0.1) is 10.2 Å². The number of rotatable bonds is 6. The summed E-state index contributed by atoms with van der Waals surface area (Å²) in [5, 5.41) is 31.1. The van der Waals surface area contributed by atoms with E-state index >= 15 is 0 Å². The number of fused-ring (bicyclic) bond motifs is 3. The third-order valence-electron chi connectivity index (χ3n) is 7.61. The van der Waals surface area contributed by atoms with E-state index in [9.17, 15) is 10.1 Å². The molecule has 2 bridgehead atoms. The van der Waals surface area contributed by atoms with E-state index in [4.69, 9.17) is 9.72 Å². The van der Waals surface area contributed by atoms with Crippen LogP contribution in [0.3, 0.4) is 0 Å². The van der Waals surface area contributed by atoms with Crippen LogP contribution in [0.2, 0.25) is 0 Å². The molecule has 0 unspecified atom stereocenters. The number of pyridine rings is 1. The molecule has 4 aromatic heterocycles. The number of anilines is 2. The normalized spacial score (nSPS) is 22.4. The average Bonchev–Trinajstić information content (AvgIpc) is 3.56. The number of carbonyl (C=O) groups excluding carboxylic acids is 1. The first-order valence-electron chi connectivity index (χ1n) is 12.6. The van der Waals surface area contributed by atoms with Crippen LogP contribution in [0.5, 0.6) is 0 Å². The zero-order chi connectivity index (χ0) is 25.8. The number of hydrogen-bond acceptors (Lipinski definition) is 10. The number of nitriles is 1. The number of piperidine rings is 2. The average molecular weight is 528 g/mol. The van der Waals surface area contributed by atoms with Crippen molar-refractivity contribution in [2.24, 2.45) is 11.8 Å². The van der Waals surface area contributed by atoms with E-state index in [-0.39, 0.29) is 18.0 Å². The number of nitrogens with one attached hydrogen (secondary N) is 2. The fourth-order valence-electron chi connectivity index (χ4n) is 5.65. The highest BCUT2D eigenvalue weighted by Gasteiger charge is 2.47. The molecule has 4 aromatic rings. The summed E-state index contributed by atoms with van der Waals surface area (Å²) in [6.07, 6.45) is 4.55. The molecule has 4 fully saturated rings. The van der Waals surface area contributed by atoms with Gasteiger partial charge in [0.15, 0.2) is 5.01 Å². The minimum atomic E-state index is 0.0417. The molecule has 1 saturated carbocycles. The molecule has 3 saturated heterocycles. The van der Waals surface area contributed by atoms with E-state index in [1.54, 1.807) is 35.0 Å². The number of amides is 1. The lowest BCUT2D eigenvalue weighted by molar-refractivity contribution is -0.122. The van der Waals surface area contributed by atoms with E-state index in [0.29, 0.717) is 30.6 Å². The quantitative estimate of drug-likeness (QED) is 0.388. The summed E-state index contributed by atoms with van der Waals surface area (Å²) in [5.74, 6) is 0.952. The number of hydrogen-bond donors (Lipinski definition) is 2. The predicted octanol–water partition coefficient (Wildman–Crippen LogP) is 2.56. The van der Waals surface area contributed by atoms with Gasteiger partial charge in [-0.1, -0.05) is 11.3 Å². The molecule has 0 radical (unpaired) electrons. The van der Waals surface area contributed by atoms with Crippen molar-refractivity contribution in [2.45, 2.75) is 25.4 Å². The van der Waals surface area contributed by atoms with Gasteiger partial charge in [-0.05, 0) is 42.5 Å². The van der Waals surface area contributed by atoms with E-state index in [2.05, 4.69) is 36.9 Å². The molecule has 1 aliphatic carbocycles. The first-order chi connectivity index (χ1) is 18.6. The van der Waals surface area contributed by atoms with Gasteiger partial charge in [0.25, 0.3) is 0 Å². The summed E-state index contributed by atoms with van der Waals surface area (Å²) in [4.78, 5) is 18.6. The standard InChI is InChI=1S/C26H25N9O2S/c1-14(36)30-24-16-5-17(24)11-34(10-16)26-33-32-25(38-26)20-9-28-22(6-21(20)31-18-12-37-13-18)23-3-2-19-4-15(7-27)8-29-35(19)23/h2-4,6,8-9,16-18,24H,5,10-13H2,1H3,(H,28,31)(H,30,36)/t16-,17+,24-. The molecule has 1 amide bonds. The highest BCUT2D eigenvalue weighted by atomic mass is 32.1. The predicted molar refractivity (Wildman–Crippen MR) is 142 cm³/mol. The van der Waals surface area contributed by atoms with Crippen molar-refractivity contribution in [1.82, 2.24) is 30.1 Å². The van der Waals surface area contributed by atoms with Crippen LogP contribution in [0.25, 0.3) is 27.5 Å². The Hall–Kier alpha value is -4.08. The molecule has 8 rings (SSSR count). The van der Waals surface area contributed by atoms with Crippen molar-refractivity contribution < 1.29 is 9.53 Å². The fraction of sp³-hybridized carbons (Fsp3) is 0.385. The van der Waals surface area contributed by atoms with Crippen molar-refractivity contribution in [3.8, 4) is 28.0 Å². The van der Waals surface area contributed by atoms with Crippen LogP contribution in [-0.4, -0.2) is 69.1 Å². The summed E-state index contributed by atoms with van der Waals surface area (Å²) < 4.78 is 7.18. The van der Waals surface area contributed by atoms with Gasteiger partial charge in [0.2, 0.25) is 11.0 Å². The minimum absolute atomic E-state index is 0.0417. The van der Waals surface area contributed by atoms with Gasteiger partial charge < -0.3 is 20.3 Å². The SMILES string of the molecule is CC(=O)N[C@@H]1[C@@H]2C[C@H]1CN(c1nnc(-c3cnc(-c4ccc5cc(C#N)cnn45)cc3NC3COC3)s1)C2. The maximum atomic E-state index is 11.5. The lowest BCUT2D eigenvalue weighted by atomic mass is 9.66. The molecule has 12 heteroatoms. The summed E-state index contributed by atoms with van der Waals surface area (Å²) in [6, 6.07) is 10.3. The summed E-state index contributed by atoms with van der Waals surface area (Å²) >= 11 is 1.56. The molecule has 0 spiro atoms. The van der Waals surface area contributed by atoms with Crippen LogP contribution in [0, 0.1) is 23.2 Å². The third kappa shape index (κ3) is 3.95. The molecular weight excluding hydrogens is 502 g/mol. The Labute approximate surface area is 222 Å². The van der Waals surface area contributed by atoms with Crippen LogP contribution in [0.1, 0.15) is 18.9 Å². The molecule has 11 nitrogen and oxygen atoms in total.